The molecular weight excluding hydrogens is 241 g/mol. The number of aromatic hydroxyl groups is 1. The van der Waals surface area contributed by atoms with Crippen LogP contribution in [0.15, 0.2) is 30.5 Å². The molecule has 0 amide bonds. The van der Waals surface area contributed by atoms with E-state index >= 15 is 0 Å². The number of nitrogens with one attached hydrogen (secondary N) is 1. The molecule has 5 nitrogen and oxygen atoms in total. The van der Waals surface area contributed by atoms with Crippen molar-refractivity contribution in [3.05, 3.63) is 40.6 Å². The Morgan fingerprint density at radius 2 is 2.06 bits per heavy atom. The van der Waals surface area contributed by atoms with Crippen LogP contribution in [0.4, 0.5) is 24.5 Å². The maximum atomic E-state index is 11.8. The van der Waals surface area contributed by atoms with Crippen molar-refractivity contribution in [3.8, 4) is 5.75 Å². The fourth-order valence-electron chi connectivity index (χ4n) is 0.979. The Kier molecular flexibility index (Phi) is 3.56. The summed E-state index contributed by atoms with van der Waals surface area (Å²) in [5.41, 5.74) is -0.523. The highest BCUT2D eigenvalue weighted by molar-refractivity contribution is 5.62. The summed E-state index contributed by atoms with van der Waals surface area (Å²) in [5, 5.41) is 21.8. The summed E-state index contributed by atoms with van der Waals surface area (Å²) >= 11 is 0. The molecule has 2 N–H and O–H groups in total. The predicted octanol–water partition coefficient (Wildman–Crippen LogP) is 2.79. The summed E-state index contributed by atoms with van der Waals surface area (Å²) in [6.07, 6.45) is -4.05. The lowest BCUT2D eigenvalue weighted by Gasteiger charge is -2.04. The van der Waals surface area contributed by atoms with Crippen molar-refractivity contribution < 1.29 is 23.2 Å². The standard InChI is InChI=1S/C9H7F3N2O3/c10-9(11,12)3-4-13-7-5-6(14(16)17)1-2-8(7)15/h1-5,13,15H. The third-order valence-electron chi connectivity index (χ3n) is 1.70. The first-order chi connectivity index (χ1) is 7.79. The van der Waals surface area contributed by atoms with Crippen LogP contribution in [0.25, 0.3) is 0 Å². The van der Waals surface area contributed by atoms with E-state index in [9.17, 15) is 28.4 Å². The summed E-state index contributed by atoms with van der Waals surface area (Å²) < 4.78 is 35.3. The van der Waals surface area contributed by atoms with Crippen molar-refractivity contribution in [2.45, 2.75) is 6.18 Å². The SMILES string of the molecule is O=[N+]([O-])c1ccc(O)c(NC=CC(F)(F)F)c1. The van der Waals surface area contributed by atoms with Crippen molar-refractivity contribution in [2.75, 3.05) is 5.32 Å². The zero-order valence-electron chi connectivity index (χ0n) is 8.23. The first-order valence-corrected chi connectivity index (χ1v) is 4.28. The molecule has 0 radical (unpaired) electrons. The van der Waals surface area contributed by atoms with Crippen molar-refractivity contribution in [1.82, 2.24) is 0 Å². The number of hydrogen-bond donors (Lipinski definition) is 2. The van der Waals surface area contributed by atoms with Crippen LogP contribution in [0.5, 0.6) is 5.75 Å². The molecule has 0 bridgehead atoms. The molecule has 1 rings (SSSR count). The number of nitro benzene ring substituents is 1. The number of phenolic OH excluding ortho intramolecular Hbond substituents is 1. The number of allylic oxidation sites excluding steroid dienone is 1. The first kappa shape index (κ1) is 12.8. The van der Waals surface area contributed by atoms with Crippen LogP contribution >= 0.6 is 0 Å². The Labute approximate surface area is 93.3 Å². The molecule has 0 saturated heterocycles. The van der Waals surface area contributed by atoms with Gasteiger partial charge in [0.25, 0.3) is 5.69 Å². The Balaban J connectivity index is 2.87. The summed E-state index contributed by atoms with van der Waals surface area (Å²) in [6, 6.07) is 2.98. The Bertz CT molecular complexity index is 457. The second-order valence-electron chi connectivity index (χ2n) is 2.98. The van der Waals surface area contributed by atoms with Crippen LogP contribution in [0.2, 0.25) is 0 Å². The van der Waals surface area contributed by atoms with E-state index in [1.807, 2.05) is 0 Å². The molecule has 0 spiro atoms. The van der Waals surface area contributed by atoms with E-state index in [2.05, 4.69) is 5.32 Å². The van der Waals surface area contributed by atoms with E-state index in [0.29, 0.717) is 6.20 Å². The summed E-state index contributed by atoms with van der Waals surface area (Å²) in [4.78, 5) is 9.67. The molecule has 0 aromatic heterocycles. The van der Waals surface area contributed by atoms with E-state index < -0.39 is 11.1 Å². The second-order valence-corrected chi connectivity index (χ2v) is 2.98. The number of halogens is 3. The number of alkyl halides is 3. The summed E-state index contributed by atoms with van der Waals surface area (Å²) in [6.45, 7) is 0. The van der Waals surface area contributed by atoms with Gasteiger partial charge in [0.2, 0.25) is 0 Å². The van der Waals surface area contributed by atoms with E-state index in [1.54, 1.807) is 0 Å². The van der Waals surface area contributed by atoms with E-state index in [4.69, 9.17) is 0 Å². The third-order valence-corrected chi connectivity index (χ3v) is 1.70. The molecular formula is C9H7F3N2O3. The Morgan fingerprint density at radius 1 is 1.41 bits per heavy atom. The molecule has 8 heteroatoms. The van der Waals surface area contributed by atoms with Gasteiger partial charge >= 0.3 is 6.18 Å². The molecule has 0 unspecified atom stereocenters. The number of hydrogen-bond acceptors (Lipinski definition) is 4. The van der Waals surface area contributed by atoms with Gasteiger partial charge in [-0.05, 0) is 6.07 Å². The lowest BCUT2D eigenvalue weighted by molar-refractivity contribution is -0.384. The highest BCUT2D eigenvalue weighted by atomic mass is 19.4. The molecule has 92 valence electrons. The van der Waals surface area contributed by atoms with Gasteiger partial charge in [0, 0.05) is 24.4 Å². The molecule has 0 fully saturated rings. The highest BCUT2D eigenvalue weighted by Crippen LogP contribution is 2.28. The van der Waals surface area contributed by atoms with Crippen molar-refractivity contribution >= 4 is 11.4 Å². The minimum Gasteiger partial charge on any atom is -0.506 e. The molecule has 0 saturated carbocycles. The number of rotatable bonds is 3. The fourth-order valence-corrected chi connectivity index (χ4v) is 0.979. The van der Waals surface area contributed by atoms with Gasteiger partial charge in [-0.15, -0.1) is 0 Å². The maximum absolute atomic E-state index is 11.8. The Morgan fingerprint density at radius 3 is 2.59 bits per heavy atom. The molecule has 1 aromatic rings. The predicted molar refractivity (Wildman–Crippen MR) is 53.6 cm³/mol. The van der Waals surface area contributed by atoms with Crippen molar-refractivity contribution in [3.63, 3.8) is 0 Å². The molecule has 0 aliphatic carbocycles. The zero-order valence-corrected chi connectivity index (χ0v) is 8.23. The van der Waals surface area contributed by atoms with Crippen LogP contribution in [0.3, 0.4) is 0 Å². The monoisotopic (exact) mass is 248 g/mol. The summed E-state index contributed by atoms with van der Waals surface area (Å²) in [7, 11) is 0. The minimum absolute atomic E-state index is 0.0920. The van der Waals surface area contributed by atoms with Crippen LogP contribution in [0, 0.1) is 10.1 Å². The van der Waals surface area contributed by atoms with Crippen LogP contribution < -0.4 is 5.32 Å². The quantitative estimate of drug-likeness (QED) is 0.490. The van der Waals surface area contributed by atoms with Crippen LogP contribution in [-0.4, -0.2) is 16.2 Å². The number of benzene rings is 1. The smallest absolute Gasteiger partial charge is 0.411 e. The average molecular weight is 248 g/mol. The molecule has 0 atom stereocenters. The van der Waals surface area contributed by atoms with E-state index in [0.717, 1.165) is 18.2 Å². The number of nitro groups is 1. The van der Waals surface area contributed by atoms with Gasteiger partial charge in [-0.2, -0.15) is 13.2 Å². The maximum Gasteiger partial charge on any atom is 0.411 e. The topological polar surface area (TPSA) is 75.4 Å². The van der Waals surface area contributed by atoms with Crippen molar-refractivity contribution in [1.29, 1.82) is 0 Å². The molecule has 0 heterocycles. The van der Waals surface area contributed by atoms with E-state index in [1.165, 1.54) is 0 Å². The number of phenols is 1. The molecule has 17 heavy (non-hydrogen) atoms. The largest absolute Gasteiger partial charge is 0.506 e. The highest BCUT2D eigenvalue weighted by Gasteiger charge is 2.21. The van der Waals surface area contributed by atoms with Gasteiger partial charge in [0.05, 0.1) is 10.6 Å². The lowest BCUT2D eigenvalue weighted by Crippen LogP contribution is -2.02. The van der Waals surface area contributed by atoms with Gasteiger partial charge in [0.1, 0.15) is 5.75 Å². The normalized spacial score (nSPS) is 11.7. The van der Waals surface area contributed by atoms with Crippen molar-refractivity contribution in [2.24, 2.45) is 0 Å². The fraction of sp³-hybridized carbons (Fsp3) is 0.111. The van der Waals surface area contributed by atoms with Gasteiger partial charge in [0.15, 0.2) is 0 Å². The molecule has 0 aliphatic rings. The molecule has 0 aliphatic heterocycles. The number of anilines is 1. The Hall–Kier alpha value is -2.25. The van der Waals surface area contributed by atoms with Gasteiger partial charge in [-0.25, -0.2) is 0 Å². The minimum atomic E-state index is -4.50. The lowest BCUT2D eigenvalue weighted by atomic mass is 10.2. The van der Waals surface area contributed by atoms with Crippen LogP contribution in [-0.2, 0) is 0 Å². The average Bonchev–Trinajstić information content (AvgIpc) is 2.18. The number of non-ortho nitro benzene ring substituents is 1. The van der Waals surface area contributed by atoms with E-state index in [-0.39, 0.29) is 23.2 Å². The zero-order chi connectivity index (χ0) is 13.1. The third kappa shape index (κ3) is 4.01. The van der Waals surface area contributed by atoms with Gasteiger partial charge in [-0.1, -0.05) is 0 Å². The second kappa shape index (κ2) is 4.73. The van der Waals surface area contributed by atoms with Crippen LogP contribution in [0.1, 0.15) is 0 Å². The van der Waals surface area contributed by atoms with Gasteiger partial charge in [-0.3, -0.25) is 10.1 Å². The molecule has 1 aromatic carbocycles. The summed E-state index contributed by atoms with van der Waals surface area (Å²) in [5.74, 6) is -0.387. The number of nitrogens with zero attached hydrogens (tertiary/aromatic N) is 1. The first-order valence-electron chi connectivity index (χ1n) is 4.28. The van der Waals surface area contributed by atoms with Gasteiger partial charge < -0.3 is 10.4 Å².